The van der Waals surface area contributed by atoms with Crippen LogP contribution in [-0.4, -0.2) is 9.97 Å². The van der Waals surface area contributed by atoms with E-state index in [0.717, 1.165) is 5.56 Å². The molecule has 0 aliphatic rings. The average Bonchev–Trinajstić information content (AvgIpc) is 2.38. The minimum Gasteiger partial charge on any atom is -0.486 e. The zero-order valence-electron chi connectivity index (χ0n) is 8.80. The van der Waals surface area contributed by atoms with E-state index in [1.807, 2.05) is 12.1 Å². The third-order valence-electron chi connectivity index (χ3n) is 2.11. The van der Waals surface area contributed by atoms with Crippen LogP contribution in [-0.2, 0) is 6.61 Å². The average molecular weight is 290 g/mol. The molecule has 0 bridgehead atoms. The highest BCUT2D eigenvalue weighted by Crippen LogP contribution is 2.22. The largest absolute Gasteiger partial charge is 0.486 e. The lowest BCUT2D eigenvalue weighted by Crippen LogP contribution is -2.00. The van der Waals surface area contributed by atoms with Crippen molar-refractivity contribution in [2.24, 2.45) is 0 Å². The molecule has 0 spiro atoms. The number of halogens is 1. The molecule has 84 valence electrons. The summed E-state index contributed by atoms with van der Waals surface area (Å²) in [6.07, 6.45) is 3.25. The van der Waals surface area contributed by atoms with E-state index in [1.165, 1.54) is 0 Å². The quantitative estimate of drug-likeness (QED) is 0.815. The predicted octanol–water partition coefficient (Wildman–Crippen LogP) is 2.69. The molecule has 0 saturated heterocycles. The van der Waals surface area contributed by atoms with Crippen molar-refractivity contribution >= 4 is 15.9 Å². The summed E-state index contributed by atoms with van der Waals surface area (Å²) in [4.78, 5) is 8.01. The second kappa shape index (κ2) is 5.41. The molecule has 0 amide bonds. The van der Waals surface area contributed by atoms with Crippen LogP contribution in [0.4, 0.5) is 0 Å². The molecule has 0 aromatic carbocycles. The van der Waals surface area contributed by atoms with Crippen molar-refractivity contribution in [2.45, 2.75) is 6.61 Å². The van der Waals surface area contributed by atoms with Gasteiger partial charge >= 0.3 is 0 Å². The SMILES string of the molecule is N#Cc1ncccc1COc1cccnc1Br. The predicted molar refractivity (Wildman–Crippen MR) is 65.2 cm³/mol. The van der Waals surface area contributed by atoms with Gasteiger partial charge in [0.15, 0.2) is 5.75 Å². The molecule has 2 heterocycles. The first-order chi connectivity index (χ1) is 8.31. The van der Waals surface area contributed by atoms with Gasteiger partial charge in [-0.25, -0.2) is 9.97 Å². The van der Waals surface area contributed by atoms with E-state index >= 15 is 0 Å². The Morgan fingerprint density at radius 3 is 2.76 bits per heavy atom. The molecule has 5 heteroatoms. The van der Waals surface area contributed by atoms with E-state index in [4.69, 9.17) is 10.00 Å². The van der Waals surface area contributed by atoms with Crippen molar-refractivity contribution < 1.29 is 4.74 Å². The topological polar surface area (TPSA) is 58.8 Å². The van der Waals surface area contributed by atoms with Gasteiger partial charge < -0.3 is 4.74 Å². The molecular weight excluding hydrogens is 282 g/mol. The van der Waals surface area contributed by atoms with Crippen LogP contribution in [0.1, 0.15) is 11.3 Å². The molecule has 17 heavy (non-hydrogen) atoms. The maximum absolute atomic E-state index is 8.88. The number of nitrogens with zero attached hydrogens (tertiary/aromatic N) is 3. The number of aromatic nitrogens is 2. The fourth-order valence-corrected chi connectivity index (χ4v) is 1.66. The summed E-state index contributed by atoms with van der Waals surface area (Å²) >= 11 is 3.29. The second-order valence-corrected chi connectivity index (χ2v) is 3.96. The first-order valence-corrected chi connectivity index (χ1v) is 5.68. The zero-order chi connectivity index (χ0) is 12.1. The summed E-state index contributed by atoms with van der Waals surface area (Å²) in [6, 6.07) is 9.21. The van der Waals surface area contributed by atoms with Gasteiger partial charge in [-0.05, 0) is 34.1 Å². The van der Waals surface area contributed by atoms with E-state index in [1.54, 1.807) is 30.6 Å². The number of hydrogen-bond donors (Lipinski definition) is 0. The molecule has 0 fully saturated rings. The van der Waals surface area contributed by atoms with Crippen LogP contribution in [0.2, 0.25) is 0 Å². The molecule has 2 rings (SSSR count). The van der Waals surface area contributed by atoms with Crippen LogP contribution < -0.4 is 4.74 Å². The molecule has 4 nitrogen and oxygen atoms in total. The van der Waals surface area contributed by atoms with Crippen LogP contribution in [0.5, 0.6) is 5.75 Å². The Morgan fingerprint density at radius 2 is 2.00 bits per heavy atom. The van der Waals surface area contributed by atoms with Crippen LogP contribution in [0.3, 0.4) is 0 Å². The maximum Gasteiger partial charge on any atom is 0.152 e. The van der Waals surface area contributed by atoms with Gasteiger partial charge in [-0.1, -0.05) is 6.07 Å². The van der Waals surface area contributed by atoms with Gasteiger partial charge in [-0.15, -0.1) is 0 Å². The molecule has 0 unspecified atom stereocenters. The minimum absolute atomic E-state index is 0.293. The van der Waals surface area contributed by atoms with Crippen molar-refractivity contribution in [1.29, 1.82) is 5.26 Å². The molecule has 2 aromatic heterocycles. The monoisotopic (exact) mass is 289 g/mol. The zero-order valence-corrected chi connectivity index (χ0v) is 10.4. The molecule has 0 radical (unpaired) electrons. The van der Waals surface area contributed by atoms with Crippen molar-refractivity contribution in [3.63, 3.8) is 0 Å². The Morgan fingerprint density at radius 1 is 1.24 bits per heavy atom. The standard InChI is InChI=1S/C12H8BrN3O/c13-12-11(4-2-6-16-12)17-8-9-3-1-5-15-10(9)7-14/h1-6H,8H2. The molecule has 0 atom stereocenters. The third-order valence-corrected chi connectivity index (χ3v) is 2.70. The summed E-state index contributed by atoms with van der Waals surface area (Å²) in [5.41, 5.74) is 1.14. The van der Waals surface area contributed by atoms with Gasteiger partial charge in [-0.2, -0.15) is 5.26 Å². The molecule has 0 saturated carbocycles. The highest BCUT2D eigenvalue weighted by molar-refractivity contribution is 9.10. The highest BCUT2D eigenvalue weighted by atomic mass is 79.9. The number of pyridine rings is 2. The smallest absolute Gasteiger partial charge is 0.152 e. The molecule has 0 N–H and O–H groups in total. The highest BCUT2D eigenvalue weighted by Gasteiger charge is 2.05. The Bertz CT molecular complexity index is 566. The van der Waals surface area contributed by atoms with Crippen LogP contribution in [0.25, 0.3) is 0 Å². The number of hydrogen-bond acceptors (Lipinski definition) is 4. The van der Waals surface area contributed by atoms with Crippen molar-refractivity contribution in [2.75, 3.05) is 0 Å². The third kappa shape index (κ3) is 2.80. The summed E-state index contributed by atoms with van der Waals surface area (Å²) in [6.45, 7) is 0.293. The van der Waals surface area contributed by atoms with Crippen LogP contribution >= 0.6 is 15.9 Å². The van der Waals surface area contributed by atoms with Crippen LogP contribution in [0.15, 0.2) is 41.3 Å². The minimum atomic E-state index is 0.293. The first kappa shape index (κ1) is 11.6. The maximum atomic E-state index is 8.88. The Hall–Kier alpha value is -1.93. The summed E-state index contributed by atoms with van der Waals surface area (Å²) < 4.78 is 6.21. The lowest BCUT2D eigenvalue weighted by molar-refractivity contribution is 0.302. The summed E-state index contributed by atoms with van der Waals surface area (Å²) in [5, 5.41) is 8.88. The Labute approximate surface area is 107 Å². The first-order valence-electron chi connectivity index (χ1n) is 4.88. The normalized spacial score (nSPS) is 9.65. The summed E-state index contributed by atoms with van der Waals surface area (Å²) in [5.74, 6) is 0.639. The summed E-state index contributed by atoms with van der Waals surface area (Å²) in [7, 11) is 0. The van der Waals surface area contributed by atoms with Crippen molar-refractivity contribution in [3.8, 4) is 11.8 Å². The Kier molecular flexibility index (Phi) is 3.68. The van der Waals surface area contributed by atoms with Gasteiger partial charge in [-0.3, -0.25) is 0 Å². The van der Waals surface area contributed by atoms with E-state index in [0.29, 0.717) is 22.7 Å². The van der Waals surface area contributed by atoms with E-state index in [2.05, 4.69) is 25.9 Å². The van der Waals surface area contributed by atoms with Crippen LogP contribution in [0, 0.1) is 11.3 Å². The van der Waals surface area contributed by atoms with Gasteiger partial charge in [0.25, 0.3) is 0 Å². The molecule has 2 aromatic rings. The molecule has 0 aliphatic heterocycles. The van der Waals surface area contributed by atoms with Gasteiger partial charge in [0.05, 0.1) is 0 Å². The van der Waals surface area contributed by atoms with Crippen molar-refractivity contribution in [3.05, 3.63) is 52.5 Å². The number of rotatable bonds is 3. The lowest BCUT2D eigenvalue weighted by Gasteiger charge is -2.07. The van der Waals surface area contributed by atoms with Gasteiger partial charge in [0.2, 0.25) is 0 Å². The van der Waals surface area contributed by atoms with E-state index in [9.17, 15) is 0 Å². The second-order valence-electron chi connectivity index (χ2n) is 3.20. The fourth-order valence-electron chi connectivity index (χ4n) is 1.29. The van der Waals surface area contributed by atoms with Gasteiger partial charge in [0.1, 0.15) is 23.0 Å². The van der Waals surface area contributed by atoms with Gasteiger partial charge in [0, 0.05) is 18.0 Å². The van der Waals surface area contributed by atoms with Crippen molar-refractivity contribution in [1.82, 2.24) is 9.97 Å². The van der Waals surface area contributed by atoms with E-state index < -0.39 is 0 Å². The molecule has 0 aliphatic carbocycles. The molecular formula is C12H8BrN3O. The fraction of sp³-hybridized carbons (Fsp3) is 0.0833. The number of nitriles is 1. The number of ether oxygens (including phenoxy) is 1. The lowest BCUT2D eigenvalue weighted by atomic mass is 10.2. The van der Waals surface area contributed by atoms with E-state index in [-0.39, 0.29) is 0 Å². The Balaban J connectivity index is 2.13.